The maximum absolute atomic E-state index is 12.4. The van der Waals surface area contributed by atoms with Gasteiger partial charge in [-0.15, -0.1) is 0 Å². The first-order valence-corrected chi connectivity index (χ1v) is 10.1. The van der Waals surface area contributed by atoms with E-state index in [9.17, 15) is 9.59 Å². The Bertz CT molecular complexity index is 869. The summed E-state index contributed by atoms with van der Waals surface area (Å²) in [6.45, 7) is 7.10. The number of carbonyl (C=O) groups is 2. The number of hydrogen-bond acceptors (Lipinski definition) is 5. The van der Waals surface area contributed by atoms with Crippen molar-refractivity contribution in [2.75, 3.05) is 30.5 Å². The van der Waals surface area contributed by atoms with Crippen molar-refractivity contribution in [1.29, 1.82) is 0 Å². The summed E-state index contributed by atoms with van der Waals surface area (Å²) in [6, 6.07) is 13.9. The number of anilines is 2. The lowest BCUT2D eigenvalue weighted by atomic mass is 10.2. The van der Waals surface area contributed by atoms with Crippen LogP contribution in [0.3, 0.4) is 0 Å². The SMILES string of the molecule is CCOCCOc1cccc(C(=O)NC(=S)Nc2ccc(NC(=O)C(C)C)cc2)c1. The Kier molecular flexibility index (Phi) is 9.24. The van der Waals surface area contributed by atoms with Gasteiger partial charge in [0.05, 0.1) is 6.61 Å². The van der Waals surface area contributed by atoms with E-state index in [4.69, 9.17) is 21.7 Å². The Labute approximate surface area is 182 Å². The molecule has 0 heterocycles. The fraction of sp³-hybridized carbons (Fsp3) is 0.318. The zero-order valence-corrected chi connectivity index (χ0v) is 18.2. The van der Waals surface area contributed by atoms with Crippen molar-refractivity contribution in [2.45, 2.75) is 20.8 Å². The van der Waals surface area contributed by atoms with Crippen LogP contribution in [0.4, 0.5) is 11.4 Å². The van der Waals surface area contributed by atoms with Crippen LogP contribution in [0.25, 0.3) is 0 Å². The monoisotopic (exact) mass is 429 g/mol. The van der Waals surface area contributed by atoms with E-state index in [1.54, 1.807) is 48.5 Å². The summed E-state index contributed by atoms with van der Waals surface area (Å²) in [5.41, 5.74) is 1.81. The fourth-order valence-electron chi connectivity index (χ4n) is 2.35. The molecule has 0 spiro atoms. The molecule has 30 heavy (non-hydrogen) atoms. The van der Waals surface area contributed by atoms with Crippen molar-refractivity contribution in [3.63, 3.8) is 0 Å². The molecule has 0 aliphatic heterocycles. The molecule has 0 aliphatic rings. The summed E-state index contributed by atoms with van der Waals surface area (Å²) >= 11 is 5.22. The van der Waals surface area contributed by atoms with Crippen LogP contribution in [-0.4, -0.2) is 36.7 Å². The van der Waals surface area contributed by atoms with E-state index in [1.807, 2.05) is 20.8 Å². The maximum Gasteiger partial charge on any atom is 0.257 e. The van der Waals surface area contributed by atoms with Crippen LogP contribution in [0, 0.1) is 5.92 Å². The average molecular weight is 430 g/mol. The molecule has 0 aromatic heterocycles. The van der Waals surface area contributed by atoms with Crippen molar-refractivity contribution in [3.05, 3.63) is 54.1 Å². The van der Waals surface area contributed by atoms with E-state index in [1.165, 1.54) is 0 Å². The van der Waals surface area contributed by atoms with Crippen molar-refractivity contribution >= 4 is 40.5 Å². The minimum absolute atomic E-state index is 0.0532. The largest absolute Gasteiger partial charge is 0.491 e. The van der Waals surface area contributed by atoms with Gasteiger partial charge in [-0.25, -0.2) is 0 Å². The van der Waals surface area contributed by atoms with Crippen molar-refractivity contribution in [1.82, 2.24) is 5.32 Å². The third kappa shape index (κ3) is 7.81. The molecule has 2 aromatic carbocycles. The fourth-order valence-corrected chi connectivity index (χ4v) is 2.56. The van der Waals surface area contributed by atoms with E-state index in [-0.39, 0.29) is 22.8 Å². The second-order valence-electron chi connectivity index (χ2n) is 6.70. The first-order chi connectivity index (χ1) is 14.4. The topological polar surface area (TPSA) is 88.7 Å². The van der Waals surface area contributed by atoms with Crippen LogP contribution in [0.5, 0.6) is 5.75 Å². The van der Waals surface area contributed by atoms with E-state index in [2.05, 4.69) is 16.0 Å². The lowest BCUT2D eigenvalue weighted by molar-refractivity contribution is -0.118. The summed E-state index contributed by atoms with van der Waals surface area (Å²) in [5.74, 6) is 0.0885. The van der Waals surface area contributed by atoms with Gasteiger partial charge in [-0.3, -0.25) is 14.9 Å². The van der Waals surface area contributed by atoms with Gasteiger partial charge in [0.2, 0.25) is 5.91 Å². The van der Waals surface area contributed by atoms with E-state index in [0.29, 0.717) is 42.5 Å². The van der Waals surface area contributed by atoms with E-state index >= 15 is 0 Å². The van der Waals surface area contributed by atoms with Gasteiger partial charge < -0.3 is 20.1 Å². The average Bonchev–Trinajstić information content (AvgIpc) is 2.72. The molecular formula is C22H27N3O4S. The Morgan fingerprint density at radius 3 is 2.30 bits per heavy atom. The highest BCUT2D eigenvalue weighted by Gasteiger charge is 2.10. The molecule has 2 aromatic rings. The lowest BCUT2D eigenvalue weighted by Gasteiger charge is -2.12. The van der Waals surface area contributed by atoms with Crippen LogP contribution >= 0.6 is 12.2 Å². The standard InChI is InChI=1S/C22H27N3O4S/c1-4-28-12-13-29-19-7-5-6-16(14-19)21(27)25-22(30)24-18-10-8-17(9-11-18)23-20(26)15(2)3/h5-11,14-15H,4,12-13H2,1-3H3,(H,23,26)(H2,24,25,27,30). The Morgan fingerprint density at radius 2 is 1.67 bits per heavy atom. The van der Waals surface area contributed by atoms with Crippen LogP contribution in [0.15, 0.2) is 48.5 Å². The Balaban J connectivity index is 1.87. The van der Waals surface area contributed by atoms with Crippen LogP contribution in [-0.2, 0) is 9.53 Å². The van der Waals surface area contributed by atoms with Gasteiger partial charge in [0.1, 0.15) is 12.4 Å². The molecule has 0 radical (unpaired) electrons. The number of ether oxygens (including phenoxy) is 2. The normalized spacial score (nSPS) is 10.4. The summed E-state index contributed by atoms with van der Waals surface area (Å²) in [7, 11) is 0. The number of rotatable bonds is 9. The van der Waals surface area contributed by atoms with Gasteiger partial charge in [-0.2, -0.15) is 0 Å². The molecule has 0 bridgehead atoms. The maximum atomic E-state index is 12.4. The third-order valence-corrected chi connectivity index (χ3v) is 4.16. The highest BCUT2D eigenvalue weighted by atomic mass is 32.1. The molecule has 0 aliphatic carbocycles. The molecular weight excluding hydrogens is 402 g/mol. The number of carbonyl (C=O) groups excluding carboxylic acids is 2. The first kappa shape index (κ1) is 23.3. The second kappa shape index (κ2) is 11.9. The number of hydrogen-bond donors (Lipinski definition) is 3. The molecule has 3 N–H and O–H groups in total. The van der Waals surface area contributed by atoms with Gasteiger partial charge in [0.15, 0.2) is 5.11 Å². The Morgan fingerprint density at radius 1 is 1.00 bits per heavy atom. The third-order valence-electron chi connectivity index (χ3n) is 3.96. The molecule has 0 saturated heterocycles. The zero-order chi connectivity index (χ0) is 21.9. The van der Waals surface area contributed by atoms with Crippen molar-refractivity contribution in [3.8, 4) is 5.75 Å². The highest BCUT2D eigenvalue weighted by Crippen LogP contribution is 2.15. The quantitative estimate of drug-likeness (QED) is 0.415. The predicted octanol–water partition coefficient (Wildman–Crippen LogP) is 3.82. The number of thiocarbonyl (C=S) groups is 1. The Hall–Kier alpha value is -2.97. The number of nitrogens with one attached hydrogen (secondary N) is 3. The molecule has 8 heteroatoms. The van der Waals surface area contributed by atoms with Gasteiger partial charge in [0, 0.05) is 29.5 Å². The van der Waals surface area contributed by atoms with Crippen molar-refractivity contribution in [2.24, 2.45) is 5.92 Å². The van der Waals surface area contributed by atoms with Crippen LogP contribution in [0.2, 0.25) is 0 Å². The van der Waals surface area contributed by atoms with Crippen molar-refractivity contribution < 1.29 is 19.1 Å². The summed E-state index contributed by atoms with van der Waals surface area (Å²) < 4.78 is 10.8. The minimum Gasteiger partial charge on any atom is -0.491 e. The second-order valence-corrected chi connectivity index (χ2v) is 7.11. The molecule has 160 valence electrons. The molecule has 7 nitrogen and oxygen atoms in total. The van der Waals surface area contributed by atoms with Gasteiger partial charge in [-0.05, 0) is 61.6 Å². The molecule has 0 fully saturated rings. The summed E-state index contributed by atoms with van der Waals surface area (Å²) in [4.78, 5) is 24.2. The molecule has 2 amide bonds. The minimum atomic E-state index is -0.344. The zero-order valence-electron chi connectivity index (χ0n) is 17.4. The lowest BCUT2D eigenvalue weighted by Crippen LogP contribution is -2.34. The molecule has 0 atom stereocenters. The first-order valence-electron chi connectivity index (χ1n) is 9.73. The van der Waals surface area contributed by atoms with Crippen LogP contribution in [0.1, 0.15) is 31.1 Å². The van der Waals surface area contributed by atoms with E-state index in [0.717, 1.165) is 0 Å². The highest BCUT2D eigenvalue weighted by molar-refractivity contribution is 7.80. The van der Waals surface area contributed by atoms with Crippen LogP contribution < -0.4 is 20.7 Å². The molecule has 0 saturated carbocycles. The smallest absolute Gasteiger partial charge is 0.257 e. The molecule has 0 unspecified atom stereocenters. The van der Waals surface area contributed by atoms with Gasteiger partial charge in [0.25, 0.3) is 5.91 Å². The molecule has 2 rings (SSSR count). The predicted molar refractivity (Wildman–Crippen MR) is 122 cm³/mol. The number of amides is 2. The van der Waals surface area contributed by atoms with E-state index < -0.39 is 0 Å². The number of benzene rings is 2. The summed E-state index contributed by atoms with van der Waals surface area (Å²) in [6.07, 6.45) is 0. The van der Waals surface area contributed by atoms with Gasteiger partial charge >= 0.3 is 0 Å². The summed E-state index contributed by atoms with van der Waals surface area (Å²) in [5, 5.41) is 8.57. The van der Waals surface area contributed by atoms with Gasteiger partial charge in [-0.1, -0.05) is 19.9 Å².